The number of rotatable bonds is 14. The molecule has 0 aliphatic heterocycles. The van der Waals surface area contributed by atoms with Crippen LogP contribution in [0.25, 0.3) is 245 Å². The van der Waals surface area contributed by atoms with E-state index in [-0.39, 0.29) is 0 Å². The SMILES string of the molecule is c1ccc(-c2cccc(-c3ccc(-c4cc(-c5ccccc5)nc(-c5cc(-c6ccc7oc8ccccc8c7c6)cc(-c6ccc7oc8ccccc8c7c6)c5)n4)cc3)c2)cc1.c1ccc(-c2cccc(-c3ccc(-c4cc(-c5ccccc5)nc(-c5cc(-c6cccc7c6oc6ccccc67)cc(-c6cccc7c6oc6ccccc67)c5)n4)cc3)c2)cc1. The first-order valence-electron chi connectivity index (χ1n) is 41.7. The quantitative estimate of drug-likeness (QED) is 0.106. The van der Waals surface area contributed by atoms with Gasteiger partial charge in [-0.25, -0.2) is 19.9 Å². The summed E-state index contributed by atoms with van der Waals surface area (Å²) in [7, 11) is 0. The number of furan rings is 4. The largest absolute Gasteiger partial charge is 0.456 e. The van der Waals surface area contributed by atoms with Crippen molar-refractivity contribution in [2.24, 2.45) is 0 Å². The molecule has 24 aromatic rings. The summed E-state index contributed by atoms with van der Waals surface area (Å²) in [5.74, 6) is 1.27. The van der Waals surface area contributed by atoms with Crippen molar-refractivity contribution in [1.29, 1.82) is 0 Å². The van der Waals surface area contributed by atoms with E-state index in [0.29, 0.717) is 11.6 Å². The van der Waals surface area contributed by atoms with E-state index in [0.717, 1.165) is 205 Å². The number of benzene rings is 18. The molecule has 0 saturated heterocycles. The van der Waals surface area contributed by atoms with Crippen LogP contribution in [-0.2, 0) is 0 Å². The van der Waals surface area contributed by atoms with Crippen molar-refractivity contribution < 1.29 is 17.7 Å². The third-order valence-corrected chi connectivity index (χ3v) is 23.8. The smallest absolute Gasteiger partial charge is 0.160 e. The van der Waals surface area contributed by atoms with Crippen molar-refractivity contribution in [3.05, 3.63) is 437 Å². The van der Waals surface area contributed by atoms with Gasteiger partial charge in [0, 0.05) is 87.6 Å². The van der Waals surface area contributed by atoms with Gasteiger partial charge in [-0.2, -0.15) is 0 Å². The van der Waals surface area contributed by atoms with E-state index in [9.17, 15) is 0 Å². The first-order valence-corrected chi connectivity index (χ1v) is 41.7. The number of nitrogens with zero attached hydrogens (tertiary/aromatic N) is 4. The summed E-state index contributed by atoms with van der Waals surface area (Å²) in [5.41, 5.74) is 33.7. The summed E-state index contributed by atoms with van der Waals surface area (Å²) in [5, 5.41) is 8.67. The van der Waals surface area contributed by atoms with Crippen LogP contribution in [0.3, 0.4) is 0 Å². The molecule has 0 saturated carbocycles. The highest BCUT2D eigenvalue weighted by molar-refractivity contribution is 6.13. The lowest BCUT2D eigenvalue weighted by Gasteiger charge is -2.14. The molecule has 0 amide bonds. The topological polar surface area (TPSA) is 104 Å². The maximum absolute atomic E-state index is 6.61. The Morgan fingerprint density at radius 3 is 0.742 bits per heavy atom. The van der Waals surface area contributed by atoms with Gasteiger partial charge in [0.05, 0.1) is 22.8 Å². The number of hydrogen-bond acceptors (Lipinski definition) is 8. The number of para-hydroxylation sites is 6. The molecular weight excluding hydrogens is 1510 g/mol. The zero-order valence-corrected chi connectivity index (χ0v) is 67.0. The summed E-state index contributed by atoms with van der Waals surface area (Å²) in [6, 6.07) is 153. The summed E-state index contributed by atoms with van der Waals surface area (Å²) in [6.45, 7) is 0. The molecule has 6 heterocycles. The number of aromatic nitrogens is 4. The molecule has 0 aliphatic carbocycles. The van der Waals surface area contributed by atoms with E-state index < -0.39 is 0 Å². The summed E-state index contributed by atoms with van der Waals surface area (Å²) < 4.78 is 25.7. The molecule has 124 heavy (non-hydrogen) atoms. The van der Waals surface area contributed by atoms with E-state index in [1.54, 1.807) is 0 Å². The van der Waals surface area contributed by atoms with Crippen LogP contribution in [0.15, 0.2) is 454 Å². The van der Waals surface area contributed by atoms with Gasteiger partial charge in [0.15, 0.2) is 11.6 Å². The zero-order valence-electron chi connectivity index (χ0n) is 67.0. The monoisotopic (exact) mass is 1580 g/mol. The Morgan fingerprint density at radius 1 is 0.129 bits per heavy atom. The first kappa shape index (κ1) is 72.5. The van der Waals surface area contributed by atoms with Crippen molar-refractivity contribution in [1.82, 2.24) is 19.9 Å². The molecule has 24 rings (SSSR count). The van der Waals surface area contributed by atoms with Gasteiger partial charge in [0.1, 0.15) is 44.7 Å². The summed E-state index contributed by atoms with van der Waals surface area (Å²) in [6.07, 6.45) is 0. The second kappa shape index (κ2) is 30.9. The van der Waals surface area contributed by atoms with Crippen LogP contribution in [0.5, 0.6) is 0 Å². The average Bonchev–Trinajstić information content (AvgIpc) is 1.51. The molecule has 0 unspecified atom stereocenters. The van der Waals surface area contributed by atoms with Gasteiger partial charge >= 0.3 is 0 Å². The van der Waals surface area contributed by atoms with Crippen molar-refractivity contribution in [3.8, 4) is 157 Å². The van der Waals surface area contributed by atoms with Crippen molar-refractivity contribution >= 4 is 87.8 Å². The van der Waals surface area contributed by atoms with Crippen LogP contribution >= 0.6 is 0 Å². The second-order valence-electron chi connectivity index (χ2n) is 31.5. The molecule has 0 N–H and O–H groups in total. The van der Waals surface area contributed by atoms with Gasteiger partial charge < -0.3 is 17.7 Å². The fraction of sp³-hybridized carbons (Fsp3) is 0. The van der Waals surface area contributed by atoms with Crippen LogP contribution in [0, 0.1) is 0 Å². The minimum Gasteiger partial charge on any atom is -0.456 e. The van der Waals surface area contributed by atoms with Crippen molar-refractivity contribution in [2.45, 2.75) is 0 Å². The van der Waals surface area contributed by atoms with Crippen LogP contribution in [-0.4, -0.2) is 19.9 Å². The van der Waals surface area contributed by atoms with E-state index >= 15 is 0 Å². The van der Waals surface area contributed by atoms with Gasteiger partial charge in [0.25, 0.3) is 0 Å². The van der Waals surface area contributed by atoms with Gasteiger partial charge in [0.2, 0.25) is 0 Å². The molecule has 8 heteroatoms. The maximum atomic E-state index is 6.61. The van der Waals surface area contributed by atoms with Gasteiger partial charge in [-0.05, 0) is 187 Å². The molecule has 0 bridgehead atoms. The van der Waals surface area contributed by atoms with Crippen LogP contribution in [0.1, 0.15) is 0 Å². The Bertz CT molecular complexity index is 7950. The molecular formula is C116H72N4O4. The zero-order chi connectivity index (χ0) is 82.0. The van der Waals surface area contributed by atoms with Gasteiger partial charge in [-0.3, -0.25) is 0 Å². The average molecular weight is 1590 g/mol. The fourth-order valence-electron chi connectivity index (χ4n) is 17.6. The van der Waals surface area contributed by atoms with Gasteiger partial charge in [-0.15, -0.1) is 0 Å². The molecule has 0 atom stereocenters. The molecule has 0 spiro atoms. The number of fused-ring (bicyclic) bond motifs is 12. The Morgan fingerprint density at radius 2 is 0.363 bits per heavy atom. The molecule has 0 radical (unpaired) electrons. The predicted molar refractivity (Wildman–Crippen MR) is 509 cm³/mol. The molecule has 0 fully saturated rings. The van der Waals surface area contributed by atoms with Crippen molar-refractivity contribution in [3.63, 3.8) is 0 Å². The summed E-state index contributed by atoms with van der Waals surface area (Å²) in [4.78, 5) is 21.3. The van der Waals surface area contributed by atoms with Gasteiger partial charge in [-0.1, -0.05) is 328 Å². The van der Waals surface area contributed by atoms with E-state index in [2.05, 4.69) is 376 Å². The Balaban J connectivity index is 0.000000143. The molecule has 0 aliphatic rings. The molecule has 6 aromatic heterocycles. The fourth-order valence-corrected chi connectivity index (χ4v) is 17.6. The lowest BCUT2D eigenvalue weighted by atomic mass is 9.93. The van der Waals surface area contributed by atoms with Crippen LogP contribution < -0.4 is 0 Å². The molecule has 8 nitrogen and oxygen atoms in total. The van der Waals surface area contributed by atoms with E-state index in [4.69, 9.17) is 37.6 Å². The number of hydrogen-bond donors (Lipinski definition) is 0. The highest BCUT2D eigenvalue weighted by Gasteiger charge is 2.23. The van der Waals surface area contributed by atoms with E-state index in [1.165, 1.54) is 27.8 Å². The summed E-state index contributed by atoms with van der Waals surface area (Å²) >= 11 is 0. The Hall–Kier alpha value is -16.7. The maximum Gasteiger partial charge on any atom is 0.160 e. The highest BCUT2D eigenvalue weighted by atomic mass is 16.3. The highest BCUT2D eigenvalue weighted by Crippen LogP contribution is 2.45. The minimum absolute atomic E-state index is 0.623. The molecule has 580 valence electrons. The normalized spacial score (nSPS) is 11.5. The van der Waals surface area contributed by atoms with E-state index in [1.807, 2.05) is 60.7 Å². The third kappa shape index (κ3) is 13.7. The van der Waals surface area contributed by atoms with Crippen molar-refractivity contribution in [2.75, 3.05) is 0 Å². The standard InChI is InChI=1S/2C58H36N2O2/c1-3-14-37(15-4-1)41-18-11-19-42(32-41)38-28-30-40(31-29-38)53-36-52(39-16-5-2-6-17-39)59-58(60-53)45-34-43(46-22-12-24-50-48-20-7-9-26-54(48)61-56(46)50)33-44(35-45)47-23-13-25-51-49-21-8-10-27-55(49)62-57(47)51;1-3-12-37(13-4-1)41-16-11-17-42(30-41)38-22-24-40(25-23-38)53-36-52(39-14-5-2-6-15-39)59-58(60-53)47-32-45(43-26-28-56-50(34-43)48-18-7-9-20-54(48)61-56)31-46(33-47)44-27-29-57-51(35-44)49-19-8-10-21-55(49)62-57/h2*1-36H. The Kier molecular flexibility index (Phi) is 18.1. The second-order valence-corrected chi connectivity index (χ2v) is 31.5. The minimum atomic E-state index is 0.623. The Labute approximate surface area is 714 Å². The lowest BCUT2D eigenvalue weighted by molar-refractivity contribution is 0.668. The van der Waals surface area contributed by atoms with Crippen LogP contribution in [0.2, 0.25) is 0 Å². The molecule has 18 aromatic carbocycles. The predicted octanol–water partition coefficient (Wildman–Crippen LogP) is 31.9. The lowest BCUT2D eigenvalue weighted by Crippen LogP contribution is -1.97. The first-order chi connectivity index (χ1) is 61.4. The van der Waals surface area contributed by atoms with Crippen LogP contribution in [0.4, 0.5) is 0 Å². The third-order valence-electron chi connectivity index (χ3n) is 23.8.